The summed E-state index contributed by atoms with van der Waals surface area (Å²) in [7, 11) is 0. The van der Waals surface area contributed by atoms with E-state index < -0.39 is 11.6 Å². The van der Waals surface area contributed by atoms with Crippen molar-refractivity contribution >= 4 is 5.57 Å². The normalized spacial score (nSPS) is 25.5. The van der Waals surface area contributed by atoms with Crippen molar-refractivity contribution in [1.29, 1.82) is 0 Å². The second kappa shape index (κ2) is 7.41. The molecule has 0 fully saturated rings. The van der Waals surface area contributed by atoms with Gasteiger partial charge in [-0.2, -0.15) is 0 Å². The molecule has 1 aliphatic heterocycles. The van der Waals surface area contributed by atoms with Crippen molar-refractivity contribution in [1.82, 2.24) is 0 Å². The van der Waals surface area contributed by atoms with Gasteiger partial charge < -0.3 is 10.5 Å². The third-order valence-electron chi connectivity index (χ3n) is 4.00. The van der Waals surface area contributed by atoms with Gasteiger partial charge in [-0.15, -0.1) is 0 Å². The molecule has 0 saturated carbocycles. The Kier molecular flexibility index (Phi) is 5.56. The predicted molar refractivity (Wildman–Crippen MR) is 89.9 cm³/mol. The van der Waals surface area contributed by atoms with E-state index in [0.29, 0.717) is 0 Å². The summed E-state index contributed by atoms with van der Waals surface area (Å²) >= 11 is 0. The minimum absolute atomic E-state index is 0.230. The summed E-state index contributed by atoms with van der Waals surface area (Å²) in [5.74, 6) is 0. The van der Waals surface area contributed by atoms with Crippen LogP contribution in [0.5, 0.6) is 0 Å². The monoisotopic (exact) mass is 301 g/mol. The fraction of sp³-hybridized carbons (Fsp3) is 0.368. The number of halogens is 1. The van der Waals surface area contributed by atoms with E-state index in [9.17, 15) is 4.39 Å². The average molecular weight is 301 g/mol. The van der Waals surface area contributed by atoms with Crippen LogP contribution in [0.1, 0.15) is 25.8 Å². The van der Waals surface area contributed by atoms with Gasteiger partial charge in [0.1, 0.15) is 6.17 Å². The quantitative estimate of drug-likeness (QED) is 0.841. The largest absolute Gasteiger partial charge is 0.501 e. The third kappa shape index (κ3) is 4.08. The molecule has 118 valence electrons. The van der Waals surface area contributed by atoms with Crippen molar-refractivity contribution < 1.29 is 9.13 Å². The molecule has 1 heterocycles. The lowest BCUT2D eigenvalue weighted by Crippen LogP contribution is -2.27. The van der Waals surface area contributed by atoms with E-state index in [2.05, 4.69) is 0 Å². The molecule has 2 nitrogen and oxygen atoms in total. The highest BCUT2D eigenvalue weighted by Gasteiger charge is 2.33. The van der Waals surface area contributed by atoms with E-state index in [1.54, 1.807) is 18.4 Å². The molecule has 3 rings (SSSR count). The summed E-state index contributed by atoms with van der Waals surface area (Å²) in [4.78, 5) is 0. The second-order valence-corrected chi connectivity index (χ2v) is 6.11. The Bertz CT molecular complexity index is 560. The number of hydrogen-bond acceptors (Lipinski definition) is 2. The van der Waals surface area contributed by atoms with Crippen molar-refractivity contribution in [3.63, 3.8) is 0 Å². The molecule has 1 aromatic carbocycles. The summed E-state index contributed by atoms with van der Waals surface area (Å²) in [5, 5.41) is 0. The molecular formula is C19H24FNO. The number of alkyl halides is 1. The molecule has 1 aliphatic carbocycles. The van der Waals surface area contributed by atoms with E-state index >= 15 is 0 Å². The van der Waals surface area contributed by atoms with Crippen LogP contribution in [0.15, 0.2) is 60.9 Å². The minimum Gasteiger partial charge on any atom is -0.501 e. The van der Waals surface area contributed by atoms with E-state index in [0.717, 1.165) is 24.2 Å². The standard InChI is InChI=1S/C14H15F.C5H9NO/c1-14(2)12(9-6-10-13(14)15)11-7-4-3-5-8-11;6-5-1-3-7-4-2-5/h3-10,13H,1-2H3;1,3,5H,2,4,6H2. The maximum atomic E-state index is 13.8. The van der Waals surface area contributed by atoms with Gasteiger partial charge in [-0.3, -0.25) is 0 Å². The maximum Gasteiger partial charge on any atom is 0.128 e. The molecule has 0 aromatic heterocycles. The first-order chi connectivity index (χ1) is 10.5. The molecule has 0 bridgehead atoms. The molecule has 22 heavy (non-hydrogen) atoms. The average Bonchev–Trinajstić information content (AvgIpc) is 2.52. The Labute approximate surface area is 132 Å². The van der Waals surface area contributed by atoms with Gasteiger partial charge >= 0.3 is 0 Å². The van der Waals surface area contributed by atoms with Crippen molar-refractivity contribution in [2.24, 2.45) is 11.1 Å². The molecule has 0 spiro atoms. The highest BCUT2D eigenvalue weighted by Crippen LogP contribution is 2.41. The van der Waals surface area contributed by atoms with Crippen LogP contribution in [0.4, 0.5) is 4.39 Å². The fourth-order valence-electron chi connectivity index (χ4n) is 2.46. The summed E-state index contributed by atoms with van der Waals surface area (Å²) in [5.41, 5.74) is 7.21. The van der Waals surface area contributed by atoms with Crippen molar-refractivity contribution in [2.75, 3.05) is 6.61 Å². The first-order valence-electron chi connectivity index (χ1n) is 7.64. The number of ether oxygens (including phenoxy) is 1. The maximum absolute atomic E-state index is 13.8. The number of allylic oxidation sites excluding steroid dienone is 4. The van der Waals surface area contributed by atoms with Gasteiger partial charge in [-0.05, 0) is 23.3 Å². The lowest BCUT2D eigenvalue weighted by Gasteiger charge is -2.32. The number of hydrogen-bond donors (Lipinski definition) is 1. The fourth-order valence-corrected chi connectivity index (χ4v) is 2.46. The zero-order chi connectivity index (χ0) is 16.0. The van der Waals surface area contributed by atoms with Crippen LogP contribution in [-0.2, 0) is 4.74 Å². The van der Waals surface area contributed by atoms with E-state index in [4.69, 9.17) is 10.5 Å². The minimum atomic E-state index is -0.905. The zero-order valence-electron chi connectivity index (χ0n) is 13.2. The Balaban J connectivity index is 0.000000211. The first-order valence-corrected chi connectivity index (χ1v) is 7.64. The van der Waals surface area contributed by atoms with Gasteiger partial charge in [-0.25, -0.2) is 4.39 Å². The Morgan fingerprint density at radius 1 is 1.18 bits per heavy atom. The molecule has 0 saturated heterocycles. The SMILES string of the molecule is CC1(C)C(c2ccccc2)=CC=CC1F.NC1C=COCC1. The lowest BCUT2D eigenvalue weighted by atomic mass is 9.74. The van der Waals surface area contributed by atoms with Crippen molar-refractivity contribution in [3.8, 4) is 0 Å². The van der Waals surface area contributed by atoms with Gasteiger partial charge in [-0.1, -0.05) is 56.3 Å². The molecular weight excluding hydrogens is 277 g/mol. The Hall–Kier alpha value is -1.87. The predicted octanol–water partition coefficient (Wildman–Crippen LogP) is 4.25. The van der Waals surface area contributed by atoms with Crippen LogP contribution in [0.25, 0.3) is 5.57 Å². The van der Waals surface area contributed by atoms with Crippen LogP contribution < -0.4 is 5.73 Å². The van der Waals surface area contributed by atoms with Crippen LogP contribution in [0.2, 0.25) is 0 Å². The van der Waals surface area contributed by atoms with Gasteiger partial charge in [0, 0.05) is 17.9 Å². The van der Waals surface area contributed by atoms with Crippen LogP contribution in [0, 0.1) is 5.41 Å². The van der Waals surface area contributed by atoms with E-state index in [1.165, 1.54) is 0 Å². The highest BCUT2D eigenvalue weighted by molar-refractivity contribution is 5.73. The van der Waals surface area contributed by atoms with Gasteiger partial charge in [0.2, 0.25) is 0 Å². The van der Waals surface area contributed by atoms with Crippen molar-refractivity contribution in [3.05, 3.63) is 66.5 Å². The van der Waals surface area contributed by atoms with E-state index in [1.807, 2.05) is 56.3 Å². The molecule has 3 heteroatoms. The smallest absolute Gasteiger partial charge is 0.128 e. The molecule has 2 N–H and O–H groups in total. The first kappa shape index (κ1) is 16.5. The number of rotatable bonds is 1. The number of nitrogens with two attached hydrogens (primary N) is 1. The van der Waals surface area contributed by atoms with Gasteiger partial charge in [0.05, 0.1) is 12.9 Å². The number of benzene rings is 1. The summed E-state index contributed by atoms with van der Waals surface area (Å²) < 4.78 is 18.6. The second-order valence-electron chi connectivity index (χ2n) is 6.11. The molecule has 0 radical (unpaired) electrons. The molecule has 1 aromatic rings. The third-order valence-corrected chi connectivity index (χ3v) is 4.00. The van der Waals surface area contributed by atoms with Gasteiger partial charge in [0.15, 0.2) is 0 Å². The Morgan fingerprint density at radius 2 is 1.91 bits per heavy atom. The van der Waals surface area contributed by atoms with Crippen LogP contribution in [0.3, 0.4) is 0 Å². The molecule has 2 atom stereocenters. The van der Waals surface area contributed by atoms with E-state index in [-0.39, 0.29) is 6.04 Å². The topological polar surface area (TPSA) is 35.2 Å². The van der Waals surface area contributed by atoms with Crippen molar-refractivity contribution in [2.45, 2.75) is 32.5 Å². The molecule has 2 aliphatic rings. The summed E-state index contributed by atoms with van der Waals surface area (Å²) in [6.45, 7) is 4.66. The lowest BCUT2D eigenvalue weighted by molar-refractivity contribution is 0.223. The highest BCUT2D eigenvalue weighted by atomic mass is 19.1. The van der Waals surface area contributed by atoms with Crippen LogP contribution in [-0.4, -0.2) is 18.8 Å². The molecule has 2 unspecified atom stereocenters. The zero-order valence-corrected chi connectivity index (χ0v) is 13.2. The summed E-state index contributed by atoms with van der Waals surface area (Å²) in [6.07, 6.45) is 9.00. The van der Waals surface area contributed by atoms with Crippen LogP contribution >= 0.6 is 0 Å². The molecule has 0 amide bonds. The van der Waals surface area contributed by atoms with Gasteiger partial charge in [0.25, 0.3) is 0 Å². The Morgan fingerprint density at radius 3 is 2.45 bits per heavy atom. The summed E-state index contributed by atoms with van der Waals surface area (Å²) in [6, 6.07) is 10.2.